The molecule has 152 valence electrons. The van der Waals surface area contributed by atoms with Crippen LogP contribution in [0.2, 0.25) is 0 Å². The minimum atomic E-state index is 0.624. The highest BCUT2D eigenvalue weighted by Crippen LogP contribution is 2.46. The van der Waals surface area contributed by atoms with Gasteiger partial charge in [-0.25, -0.2) is 0 Å². The van der Waals surface area contributed by atoms with Crippen molar-refractivity contribution in [2.45, 2.75) is 58.8 Å². The number of fused-ring (bicyclic) bond motifs is 2. The van der Waals surface area contributed by atoms with Gasteiger partial charge in [0.1, 0.15) is 0 Å². The summed E-state index contributed by atoms with van der Waals surface area (Å²) in [6, 6.07) is 18.1. The molecule has 3 aliphatic carbocycles. The molecular formula is C30H32. The molecular weight excluding hydrogens is 360 g/mol. The van der Waals surface area contributed by atoms with Crippen molar-refractivity contribution in [1.82, 2.24) is 0 Å². The van der Waals surface area contributed by atoms with Crippen molar-refractivity contribution in [3.8, 4) is 0 Å². The molecule has 3 aliphatic rings. The quantitative estimate of drug-likeness (QED) is 0.481. The topological polar surface area (TPSA) is 0 Å². The Morgan fingerprint density at radius 3 is 2.57 bits per heavy atom. The van der Waals surface area contributed by atoms with E-state index in [2.05, 4.69) is 87.5 Å². The Morgan fingerprint density at radius 1 is 0.833 bits per heavy atom. The minimum absolute atomic E-state index is 0.624. The molecule has 2 aromatic carbocycles. The fourth-order valence-electron chi connectivity index (χ4n) is 5.55. The molecule has 0 amide bonds. The SMILES string of the molecule is Cc1cccc(C2=CC(C3=CC4=C(CC(C)c5ccccc54)C(C)CC3)=CCC2)c1. The summed E-state index contributed by atoms with van der Waals surface area (Å²) < 4.78 is 0. The van der Waals surface area contributed by atoms with E-state index in [1.54, 1.807) is 5.57 Å². The molecule has 0 bridgehead atoms. The third kappa shape index (κ3) is 3.54. The highest BCUT2D eigenvalue weighted by Gasteiger charge is 2.28. The summed E-state index contributed by atoms with van der Waals surface area (Å²) in [4.78, 5) is 0. The zero-order valence-electron chi connectivity index (χ0n) is 18.5. The van der Waals surface area contributed by atoms with Crippen molar-refractivity contribution in [2.24, 2.45) is 5.92 Å². The van der Waals surface area contributed by atoms with E-state index in [4.69, 9.17) is 0 Å². The molecule has 0 radical (unpaired) electrons. The van der Waals surface area contributed by atoms with Crippen LogP contribution in [0.1, 0.15) is 74.1 Å². The number of aryl methyl sites for hydroxylation is 1. The Hall–Kier alpha value is -2.60. The Morgan fingerprint density at radius 2 is 1.70 bits per heavy atom. The maximum atomic E-state index is 2.55. The standard InChI is InChI=1S/C30H32/c1-20-8-6-9-23(16-20)24-10-7-11-25(18-24)26-15-14-21(2)29-17-22(3)27-12-4-5-13-28(27)30(29)19-26/h4-6,8-9,11-13,16,18-19,21-22H,7,10,14-15,17H2,1-3H3. The van der Waals surface area contributed by atoms with Crippen molar-refractivity contribution in [3.05, 3.63) is 106 Å². The van der Waals surface area contributed by atoms with E-state index in [0.29, 0.717) is 11.8 Å². The zero-order chi connectivity index (χ0) is 20.7. The van der Waals surface area contributed by atoms with Gasteiger partial charge in [-0.1, -0.05) is 91.7 Å². The van der Waals surface area contributed by atoms with Gasteiger partial charge in [0.15, 0.2) is 0 Å². The number of benzene rings is 2. The van der Waals surface area contributed by atoms with Crippen LogP contribution in [-0.2, 0) is 0 Å². The van der Waals surface area contributed by atoms with E-state index in [9.17, 15) is 0 Å². The molecule has 30 heavy (non-hydrogen) atoms. The van der Waals surface area contributed by atoms with Crippen LogP contribution in [0.15, 0.2) is 83.5 Å². The van der Waals surface area contributed by atoms with Gasteiger partial charge in [-0.2, -0.15) is 0 Å². The average Bonchev–Trinajstić information content (AvgIpc) is 2.94. The third-order valence-corrected chi connectivity index (χ3v) is 7.28. The predicted octanol–water partition coefficient (Wildman–Crippen LogP) is 8.42. The molecule has 0 saturated heterocycles. The van der Waals surface area contributed by atoms with Gasteiger partial charge in [-0.3, -0.25) is 0 Å². The Balaban J connectivity index is 1.57. The Bertz CT molecular complexity index is 1100. The van der Waals surface area contributed by atoms with Gasteiger partial charge in [-0.15, -0.1) is 0 Å². The van der Waals surface area contributed by atoms with Crippen LogP contribution < -0.4 is 0 Å². The van der Waals surface area contributed by atoms with Crippen LogP contribution in [-0.4, -0.2) is 0 Å². The molecule has 0 aliphatic heterocycles. The highest BCUT2D eigenvalue weighted by atomic mass is 14.3. The summed E-state index contributed by atoms with van der Waals surface area (Å²) in [5.41, 5.74) is 13.4. The van der Waals surface area contributed by atoms with Gasteiger partial charge >= 0.3 is 0 Å². The van der Waals surface area contributed by atoms with E-state index < -0.39 is 0 Å². The number of allylic oxidation sites excluding steroid dienone is 8. The van der Waals surface area contributed by atoms with Crippen molar-refractivity contribution in [3.63, 3.8) is 0 Å². The van der Waals surface area contributed by atoms with E-state index in [1.807, 2.05) is 0 Å². The van der Waals surface area contributed by atoms with E-state index >= 15 is 0 Å². The van der Waals surface area contributed by atoms with Gasteiger partial charge < -0.3 is 0 Å². The maximum Gasteiger partial charge on any atom is -0.0147 e. The van der Waals surface area contributed by atoms with Crippen LogP contribution in [0, 0.1) is 12.8 Å². The number of rotatable bonds is 2. The monoisotopic (exact) mass is 392 g/mol. The lowest BCUT2D eigenvalue weighted by Crippen LogP contribution is -2.12. The first-order chi connectivity index (χ1) is 14.6. The van der Waals surface area contributed by atoms with Crippen LogP contribution in [0.3, 0.4) is 0 Å². The minimum Gasteiger partial charge on any atom is -0.0766 e. The lowest BCUT2D eigenvalue weighted by atomic mass is 9.76. The molecule has 2 unspecified atom stereocenters. The van der Waals surface area contributed by atoms with Crippen molar-refractivity contribution >= 4 is 11.1 Å². The molecule has 5 rings (SSSR count). The second-order valence-corrected chi connectivity index (χ2v) is 9.48. The molecule has 2 aromatic rings. The Labute approximate surface area is 181 Å². The maximum absolute atomic E-state index is 2.55. The first kappa shape index (κ1) is 19.4. The van der Waals surface area contributed by atoms with E-state index in [0.717, 1.165) is 12.8 Å². The first-order valence-electron chi connectivity index (χ1n) is 11.6. The van der Waals surface area contributed by atoms with Crippen LogP contribution >= 0.6 is 0 Å². The molecule has 0 heterocycles. The summed E-state index contributed by atoms with van der Waals surface area (Å²) in [5, 5.41) is 0. The van der Waals surface area contributed by atoms with Crippen LogP contribution in [0.4, 0.5) is 0 Å². The molecule has 0 saturated carbocycles. The van der Waals surface area contributed by atoms with Gasteiger partial charge in [-0.05, 0) is 89.8 Å². The fraction of sp³-hybridized carbons (Fsp3) is 0.333. The second kappa shape index (κ2) is 7.91. The molecule has 2 atom stereocenters. The van der Waals surface area contributed by atoms with Gasteiger partial charge in [0.25, 0.3) is 0 Å². The van der Waals surface area contributed by atoms with Crippen molar-refractivity contribution in [1.29, 1.82) is 0 Å². The summed E-state index contributed by atoms with van der Waals surface area (Å²) >= 11 is 0. The smallest absolute Gasteiger partial charge is 0.0147 e. The van der Waals surface area contributed by atoms with Gasteiger partial charge in [0.2, 0.25) is 0 Å². The highest BCUT2D eigenvalue weighted by molar-refractivity contribution is 5.83. The average molecular weight is 393 g/mol. The van der Waals surface area contributed by atoms with Gasteiger partial charge in [0, 0.05) is 0 Å². The molecule has 0 heteroatoms. The molecule has 0 aromatic heterocycles. The normalized spacial score (nSPS) is 23.6. The van der Waals surface area contributed by atoms with Crippen LogP contribution in [0.5, 0.6) is 0 Å². The predicted molar refractivity (Wildman–Crippen MR) is 129 cm³/mol. The summed E-state index contributed by atoms with van der Waals surface area (Å²) in [7, 11) is 0. The molecule has 0 N–H and O–H groups in total. The lowest BCUT2D eigenvalue weighted by molar-refractivity contribution is 0.569. The molecule has 0 spiro atoms. The second-order valence-electron chi connectivity index (χ2n) is 9.48. The molecule has 0 nitrogen and oxygen atoms in total. The lowest BCUT2D eigenvalue weighted by Gasteiger charge is -2.29. The number of hydrogen-bond acceptors (Lipinski definition) is 0. The van der Waals surface area contributed by atoms with E-state index in [1.165, 1.54) is 63.8 Å². The number of hydrogen-bond donors (Lipinski definition) is 0. The largest absolute Gasteiger partial charge is 0.0766 e. The van der Waals surface area contributed by atoms with Gasteiger partial charge in [0.05, 0.1) is 0 Å². The first-order valence-corrected chi connectivity index (χ1v) is 11.6. The third-order valence-electron chi connectivity index (χ3n) is 7.28. The Kier molecular flexibility index (Phi) is 5.11. The fourth-order valence-corrected chi connectivity index (χ4v) is 5.55. The molecule has 0 fully saturated rings. The summed E-state index contributed by atoms with van der Waals surface area (Å²) in [6.07, 6.45) is 13.4. The van der Waals surface area contributed by atoms with E-state index in [-0.39, 0.29) is 0 Å². The zero-order valence-corrected chi connectivity index (χ0v) is 18.5. The summed E-state index contributed by atoms with van der Waals surface area (Å²) in [6.45, 7) is 7.02. The summed E-state index contributed by atoms with van der Waals surface area (Å²) in [5.74, 6) is 1.29. The van der Waals surface area contributed by atoms with Crippen molar-refractivity contribution < 1.29 is 0 Å². The van der Waals surface area contributed by atoms with Crippen molar-refractivity contribution in [2.75, 3.05) is 0 Å². The van der Waals surface area contributed by atoms with Crippen LogP contribution in [0.25, 0.3) is 11.1 Å².